The van der Waals surface area contributed by atoms with E-state index in [0.29, 0.717) is 11.1 Å². The lowest BCUT2D eigenvalue weighted by Gasteiger charge is -2.07. The zero-order valence-electron chi connectivity index (χ0n) is 11.8. The summed E-state index contributed by atoms with van der Waals surface area (Å²) in [6, 6.07) is 0. The first-order valence-corrected chi connectivity index (χ1v) is 6.14. The van der Waals surface area contributed by atoms with E-state index in [1.165, 1.54) is 0 Å². The van der Waals surface area contributed by atoms with E-state index < -0.39 is 0 Å². The predicted octanol–water partition coefficient (Wildman–Crippen LogP) is 2.66. The van der Waals surface area contributed by atoms with Gasteiger partial charge in [-0.2, -0.15) is 0 Å². The molecule has 2 rings (SSSR count). The Kier molecular flexibility index (Phi) is 3.18. The average Bonchev–Trinajstić information content (AvgIpc) is 2.78. The molecule has 100 valence electrons. The van der Waals surface area contributed by atoms with Crippen molar-refractivity contribution < 1.29 is 14.0 Å². The molecule has 0 saturated carbocycles. The highest BCUT2D eigenvalue weighted by atomic mass is 16.3. The molecule has 0 bridgehead atoms. The number of allylic oxidation sites excluding steroid dienone is 2. The fourth-order valence-electron chi connectivity index (χ4n) is 2.55. The second-order valence-electron chi connectivity index (χ2n) is 5.01. The molecule has 0 unspecified atom stereocenters. The number of nitrogens with one attached hydrogen (secondary N) is 1. The standard InChI is InChI=1S/C15H17NO3/c1-7(2)11-13(15(18)16-14(11)17)9(4)12-8(3)6-19-10(12)5/h6H,1-5H3,(H,16,17,18). The highest BCUT2D eigenvalue weighted by Crippen LogP contribution is 2.33. The largest absolute Gasteiger partial charge is 0.469 e. The van der Waals surface area contributed by atoms with Gasteiger partial charge in [-0.1, -0.05) is 5.57 Å². The molecule has 2 heterocycles. The van der Waals surface area contributed by atoms with Crippen molar-refractivity contribution in [3.8, 4) is 0 Å². The molecule has 0 atom stereocenters. The molecule has 0 radical (unpaired) electrons. The van der Waals surface area contributed by atoms with Gasteiger partial charge in [0.15, 0.2) is 0 Å². The summed E-state index contributed by atoms with van der Waals surface area (Å²) in [5.74, 6) is 0.0969. The second kappa shape index (κ2) is 4.53. The van der Waals surface area contributed by atoms with Crippen molar-refractivity contribution in [2.75, 3.05) is 0 Å². The Morgan fingerprint density at radius 2 is 1.63 bits per heavy atom. The van der Waals surface area contributed by atoms with Gasteiger partial charge in [-0.25, -0.2) is 0 Å². The van der Waals surface area contributed by atoms with Crippen LogP contribution in [0.3, 0.4) is 0 Å². The van der Waals surface area contributed by atoms with E-state index in [0.717, 1.165) is 28.0 Å². The number of furan rings is 1. The van der Waals surface area contributed by atoms with Crippen molar-refractivity contribution in [1.29, 1.82) is 0 Å². The van der Waals surface area contributed by atoms with Crippen molar-refractivity contribution in [2.45, 2.75) is 34.6 Å². The van der Waals surface area contributed by atoms with Crippen LogP contribution in [0.4, 0.5) is 0 Å². The number of carbonyl (C=O) groups excluding carboxylic acids is 2. The molecule has 4 nitrogen and oxygen atoms in total. The zero-order chi connectivity index (χ0) is 14.3. The highest BCUT2D eigenvalue weighted by Gasteiger charge is 2.33. The van der Waals surface area contributed by atoms with Gasteiger partial charge in [-0.15, -0.1) is 0 Å². The lowest BCUT2D eigenvalue weighted by Crippen LogP contribution is -2.20. The van der Waals surface area contributed by atoms with Gasteiger partial charge in [0.1, 0.15) is 5.76 Å². The maximum atomic E-state index is 12.0. The van der Waals surface area contributed by atoms with Gasteiger partial charge in [0.2, 0.25) is 0 Å². The molecule has 1 aliphatic heterocycles. The second-order valence-corrected chi connectivity index (χ2v) is 5.01. The van der Waals surface area contributed by atoms with Crippen LogP contribution in [0.2, 0.25) is 0 Å². The van der Waals surface area contributed by atoms with Crippen molar-refractivity contribution in [3.05, 3.63) is 39.9 Å². The topological polar surface area (TPSA) is 59.3 Å². The predicted molar refractivity (Wildman–Crippen MR) is 72.3 cm³/mol. The van der Waals surface area contributed by atoms with Crippen LogP contribution in [0.15, 0.2) is 27.4 Å². The molecule has 2 amide bonds. The molecule has 4 heteroatoms. The summed E-state index contributed by atoms with van der Waals surface area (Å²) in [7, 11) is 0. The molecular weight excluding hydrogens is 242 g/mol. The quantitative estimate of drug-likeness (QED) is 0.623. The number of rotatable bonds is 1. The van der Waals surface area contributed by atoms with E-state index in [-0.39, 0.29) is 11.8 Å². The van der Waals surface area contributed by atoms with Crippen molar-refractivity contribution in [1.82, 2.24) is 5.32 Å². The van der Waals surface area contributed by atoms with Crippen LogP contribution in [0.1, 0.15) is 37.7 Å². The van der Waals surface area contributed by atoms with Gasteiger partial charge < -0.3 is 4.42 Å². The molecule has 0 spiro atoms. The monoisotopic (exact) mass is 259 g/mol. The lowest BCUT2D eigenvalue weighted by atomic mass is 9.93. The zero-order valence-corrected chi connectivity index (χ0v) is 11.8. The van der Waals surface area contributed by atoms with E-state index in [4.69, 9.17) is 4.42 Å². The van der Waals surface area contributed by atoms with E-state index in [1.54, 1.807) is 6.26 Å². The van der Waals surface area contributed by atoms with Gasteiger partial charge in [0, 0.05) is 5.56 Å². The molecule has 1 aromatic rings. The number of hydrogen-bond donors (Lipinski definition) is 1. The molecule has 1 N–H and O–H groups in total. The first-order valence-electron chi connectivity index (χ1n) is 6.14. The fraction of sp³-hybridized carbons (Fsp3) is 0.333. The highest BCUT2D eigenvalue weighted by molar-refractivity contribution is 6.27. The van der Waals surface area contributed by atoms with Crippen LogP contribution in [-0.4, -0.2) is 11.8 Å². The minimum absolute atomic E-state index is 0.321. The van der Waals surface area contributed by atoms with Gasteiger partial charge in [0.05, 0.1) is 17.4 Å². The Hall–Kier alpha value is -2.10. The number of amides is 2. The van der Waals surface area contributed by atoms with Crippen LogP contribution in [0, 0.1) is 13.8 Å². The maximum Gasteiger partial charge on any atom is 0.259 e. The normalized spacial score (nSPS) is 17.8. The van der Waals surface area contributed by atoms with Gasteiger partial charge >= 0.3 is 0 Å². The van der Waals surface area contributed by atoms with Gasteiger partial charge in [-0.05, 0) is 45.8 Å². The summed E-state index contributed by atoms with van der Waals surface area (Å²) in [6.07, 6.45) is 1.66. The third kappa shape index (κ3) is 2.03. The Morgan fingerprint density at radius 3 is 2.11 bits per heavy atom. The summed E-state index contributed by atoms with van der Waals surface area (Å²) in [5.41, 5.74) is 4.40. The van der Waals surface area contributed by atoms with Crippen molar-refractivity contribution >= 4 is 17.4 Å². The third-order valence-electron chi connectivity index (χ3n) is 3.34. The number of aryl methyl sites for hydroxylation is 2. The smallest absolute Gasteiger partial charge is 0.259 e. The molecule has 1 aromatic heterocycles. The van der Waals surface area contributed by atoms with E-state index >= 15 is 0 Å². The number of carbonyl (C=O) groups is 2. The Balaban J connectivity index is 2.74. The Labute approximate surface area is 112 Å². The maximum absolute atomic E-state index is 12.0. The number of hydrogen-bond acceptors (Lipinski definition) is 3. The fourth-order valence-corrected chi connectivity index (χ4v) is 2.55. The molecule has 19 heavy (non-hydrogen) atoms. The Bertz CT molecular complexity index is 621. The minimum Gasteiger partial charge on any atom is -0.469 e. The van der Waals surface area contributed by atoms with Crippen LogP contribution < -0.4 is 5.32 Å². The first-order chi connectivity index (χ1) is 8.84. The molecule has 0 aliphatic carbocycles. The van der Waals surface area contributed by atoms with E-state index in [9.17, 15) is 9.59 Å². The molecule has 1 saturated heterocycles. The van der Waals surface area contributed by atoms with Crippen LogP contribution in [0.25, 0.3) is 5.57 Å². The van der Waals surface area contributed by atoms with Crippen LogP contribution in [-0.2, 0) is 9.59 Å². The molecule has 1 aliphatic rings. The SMILES string of the molecule is CC(C)=C1C(=O)NC(=O)C1=C(C)c1c(C)coc1C. The summed E-state index contributed by atoms with van der Waals surface area (Å²) in [5, 5.41) is 2.36. The molecule has 0 aromatic carbocycles. The van der Waals surface area contributed by atoms with E-state index in [2.05, 4.69) is 5.32 Å². The number of imide groups is 1. The average molecular weight is 259 g/mol. The van der Waals surface area contributed by atoms with Crippen LogP contribution in [0.5, 0.6) is 0 Å². The molecular formula is C15H17NO3. The summed E-state index contributed by atoms with van der Waals surface area (Å²) in [4.78, 5) is 23.8. The van der Waals surface area contributed by atoms with Gasteiger partial charge in [0.25, 0.3) is 11.8 Å². The molecule has 1 fully saturated rings. The third-order valence-corrected chi connectivity index (χ3v) is 3.34. The Morgan fingerprint density at radius 1 is 1.05 bits per heavy atom. The van der Waals surface area contributed by atoms with Crippen molar-refractivity contribution in [2.24, 2.45) is 0 Å². The van der Waals surface area contributed by atoms with Gasteiger partial charge in [-0.3, -0.25) is 14.9 Å². The van der Waals surface area contributed by atoms with Crippen LogP contribution >= 0.6 is 0 Å². The van der Waals surface area contributed by atoms with Crippen molar-refractivity contribution in [3.63, 3.8) is 0 Å². The van der Waals surface area contributed by atoms with E-state index in [1.807, 2.05) is 34.6 Å². The lowest BCUT2D eigenvalue weighted by molar-refractivity contribution is -0.123. The summed E-state index contributed by atoms with van der Waals surface area (Å²) >= 11 is 0. The summed E-state index contributed by atoms with van der Waals surface area (Å²) in [6.45, 7) is 9.28. The first kappa shape index (κ1) is 13.3. The minimum atomic E-state index is -0.335. The summed E-state index contributed by atoms with van der Waals surface area (Å²) < 4.78 is 5.37.